The van der Waals surface area contributed by atoms with E-state index >= 15 is 0 Å². The lowest BCUT2D eigenvalue weighted by atomic mass is 10.1. The third-order valence-corrected chi connectivity index (χ3v) is 9.98. The van der Waals surface area contributed by atoms with Gasteiger partial charge in [0.15, 0.2) is 6.10 Å². The SMILES string of the molecule is CC\C=C/C=C\C=C/C=C\C=C/CCCCCC(=O)OC(COC(=O)CCCCCCC\C=C/C=C\C=C/C=C\CCCCC)COC(=O)CCCCCCCCCCCC. The molecule has 0 amide bonds. The van der Waals surface area contributed by atoms with E-state index < -0.39 is 6.10 Å². The normalized spacial score (nSPS) is 13.0. The van der Waals surface area contributed by atoms with Crippen molar-refractivity contribution in [3.8, 4) is 0 Å². The van der Waals surface area contributed by atoms with Crippen LogP contribution in [0.15, 0.2) is 109 Å². The number of hydrogen-bond acceptors (Lipinski definition) is 6. The van der Waals surface area contributed by atoms with Gasteiger partial charge in [0.1, 0.15) is 13.2 Å². The average Bonchev–Trinajstić information content (AvgIpc) is 3.26. The van der Waals surface area contributed by atoms with Gasteiger partial charge in [-0.25, -0.2) is 0 Å². The van der Waals surface area contributed by atoms with E-state index in [0.29, 0.717) is 19.3 Å². The van der Waals surface area contributed by atoms with Gasteiger partial charge < -0.3 is 14.2 Å². The largest absolute Gasteiger partial charge is 0.462 e. The molecule has 0 saturated heterocycles. The summed E-state index contributed by atoms with van der Waals surface area (Å²) in [6, 6.07) is 0. The average molecular weight is 845 g/mol. The Bertz CT molecular complexity index is 1290. The number of carbonyl (C=O) groups is 3. The summed E-state index contributed by atoms with van der Waals surface area (Å²) in [6.07, 6.45) is 64.9. The number of ether oxygens (including phenoxy) is 3. The van der Waals surface area contributed by atoms with Gasteiger partial charge in [-0.15, -0.1) is 0 Å². The van der Waals surface area contributed by atoms with Crippen molar-refractivity contribution in [1.29, 1.82) is 0 Å². The van der Waals surface area contributed by atoms with Crippen LogP contribution in [-0.2, 0) is 28.6 Å². The van der Waals surface area contributed by atoms with Crippen LogP contribution in [0.1, 0.15) is 201 Å². The van der Waals surface area contributed by atoms with E-state index in [1.807, 2.05) is 48.6 Å². The van der Waals surface area contributed by atoms with Gasteiger partial charge in [0.25, 0.3) is 0 Å². The fraction of sp³-hybridized carbons (Fsp3) is 0.618. The van der Waals surface area contributed by atoms with E-state index in [4.69, 9.17) is 14.2 Å². The molecule has 0 fully saturated rings. The molecular weight excluding hydrogens is 757 g/mol. The number of carbonyl (C=O) groups excluding carboxylic acids is 3. The number of rotatable bonds is 42. The van der Waals surface area contributed by atoms with Crippen LogP contribution in [0.25, 0.3) is 0 Å². The maximum atomic E-state index is 12.7. The minimum absolute atomic E-state index is 0.104. The molecule has 1 unspecified atom stereocenters. The Morgan fingerprint density at radius 3 is 1.05 bits per heavy atom. The summed E-state index contributed by atoms with van der Waals surface area (Å²) in [5.74, 6) is -0.980. The Morgan fingerprint density at radius 2 is 0.639 bits per heavy atom. The van der Waals surface area contributed by atoms with Crippen LogP contribution in [0, 0.1) is 0 Å². The van der Waals surface area contributed by atoms with Gasteiger partial charge in [-0.3, -0.25) is 14.4 Å². The van der Waals surface area contributed by atoms with Crippen molar-refractivity contribution in [2.45, 2.75) is 207 Å². The summed E-state index contributed by atoms with van der Waals surface area (Å²) in [6.45, 7) is 6.36. The van der Waals surface area contributed by atoms with Gasteiger partial charge in [0, 0.05) is 19.3 Å². The van der Waals surface area contributed by atoms with Gasteiger partial charge in [-0.2, -0.15) is 0 Å². The van der Waals surface area contributed by atoms with Crippen LogP contribution < -0.4 is 0 Å². The first-order chi connectivity index (χ1) is 30.0. The lowest BCUT2D eigenvalue weighted by molar-refractivity contribution is -0.167. The van der Waals surface area contributed by atoms with Crippen LogP contribution >= 0.6 is 0 Å². The molecule has 0 aliphatic heterocycles. The molecule has 0 radical (unpaired) electrons. The molecule has 61 heavy (non-hydrogen) atoms. The number of hydrogen-bond donors (Lipinski definition) is 0. The Labute approximate surface area is 374 Å². The third-order valence-electron chi connectivity index (χ3n) is 9.98. The number of esters is 3. The van der Waals surface area contributed by atoms with Crippen LogP contribution in [0.4, 0.5) is 0 Å². The second kappa shape index (κ2) is 48.7. The summed E-state index contributed by atoms with van der Waals surface area (Å²) in [5.41, 5.74) is 0. The van der Waals surface area contributed by atoms with Crippen LogP contribution in [0.2, 0.25) is 0 Å². The van der Waals surface area contributed by atoms with E-state index in [9.17, 15) is 14.4 Å². The Kier molecular flexibility index (Phi) is 45.6. The molecule has 0 heterocycles. The molecular formula is C55H88O6. The van der Waals surface area contributed by atoms with Crippen molar-refractivity contribution < 1.29 is 28.6 Å². The topological polar surface area (TPSA) is 78.9 Å². The predicted molar refractivity (Wildman–Crippen MR) is 260 cm³/mol. The van der Waals surface area contributed by atoms with Crippen LogP contribution in [-0.4, -0.2) is 37.2 Å². The van der Waals surface area contributed by atoms with Crippen molar-refractivity contribution in [3.63, 3.8) is 0 Å². The molecule has 0 saturated carbocycles. The molecule has 0 aromatic heterocycles. The molecule has 0 aromatic rings. The maximum absolute atomic E-state index is 12.7. The van der Waals surface area contributed by atoms with Gasteiger partial charge in [0.05, 0.1) is 0 Å². The fourth-order valence-electron chi connectivity index (χ4n) is 6.30. The molecule has 0 aliphatic rings. The van der Waals surface area contributed by atoms with Crippen molar-refractivity contribution in [1.82, 2.24) is 0 Å². The standard InChI is InChI=1S/C55H88O6/c1-4-7-10-13-16-19-22-24-26-27-28-30-31-33-36-39-42-45-48-54(57)60-51-52(50-59-53(56)47-44-41-38-35-21-18-15-12-9-6-3)61-55(58)49-46-43-40-37-34-32-29-25-23-20-17-14-11-8-5-2/h8,11,14,16-17,19-20,22-30,32,34,52H,4-7,9-10,12-13,15,18,21,31,33,35-51H2,1-3H3/b11-8-,17-14-,19-16-,23-20-,24-22-,27-26-,29-25-,30-28-,34-32-. The first kappa shape index (κ1) is 57.1. The van der Waals surface area contributed by atoms with E-state index in [1.165, 1.54) is 64.2 Å². The van der Waals surface area contributed by atoms with Crippen molar-refractivity contribution in [2.24, 2.45) is 0 Å². The second-order valence-corrected chi connectivity index (χ2v) is 15.9. The third kappa shape index (κ3) is 47.0. The highest BCUT2D eigenvalue weighted by Crippen LogP contribution is 2.13. The molecule has 6 nitrogen and oxygen atoms in total. The zero-order chi connectivity index (χ0) is 44.4. The number of unbranched alkanes of at least 4 members (excludes halogenated alkanes) is 20. The fourth-order valence-corrected chi connectivity index (χ4v) is 6.30. The predicted octanol–water partition coefficient (Wildman–Crippen LogP) is 16.0. The lowest BCUT2D eigenvalue weighted by Gasteiger charge is -2.18. The molecule has 0 bridgehead atoms. The summed E-state index contributed by atoms with van der Waals surface area (Å²) < 4.78 is 16.7. The summed E-state index contributed by atoms with van der Waals surface area (Å²) in [5, 5.41) is 0. The highest BCUT2D eigenvalue weighted by atomic mass is 16.6. The van der Waals surface area contributed by atoms with E-state index in [0.717, 1.165) is 89.9 Å². The second-order valence-electron chi connectivity index (χ2n) is 15.9. The van der Waals surface area contributed by atoms with Gasteiger partial charge in [-0.1, -0.05) is 226 Å². The van der Waals surface area contributed by atoms with Gasteiger partial charge in [0.2, 0.25) is 0 Å². The first-order valence-corrected chi connectivity index (χ1v) is 24.5. The molecule has 0 N–H and O–H groups in total. The summed E-state index contributed by atoms with van der Waals surface area (Å²) in [4.78, 5) is 37.8. The highest BCUT2D eigenvalue weighted by molar-refractivity contribution is 5.71. The maximum Gasteiger partial charge on any atom is 0.306 e. The Balaban J connectivity index is 4.51. The quantitative estimate of drug-likeness (QED) is 0.0264. The molecule has 0 spiro atoms. The molecule has 0 aliphatic carbocycles. The molecule has 0 aromatic carbocycles. The minimum atomic E-state index is -0.809. The summed E-state index contributed by atoms with van der Waals surface area (Å²) >= 11 is 0. The zero-order valence-corrected chi connectivity index (χ0v) is 39.1. The molecule has 344 valence electrons. The summed E-state index contributed by atoms with van der Waals surface area (Å²) in [7, 11) is 0. The number of allylic oxidation sites excluding steroid dienone is 18. The zero-order valence-electron chi connectivity index (χ0n) is 39.1. The first-order valence-electron chi connectivity index (χ1n) is 24.5. The Morgan fingerprint density at radius 1 is 0.344 bits per heavy atom. The van der Waals surface area contributed by atoms with Crippen molar-refractivity contribution in [2.75, 3.05) is 13.2 Å². The van der Waals surface area contributed by atoms with Crippen LogP contribution in [0.5, 0.6) is 0 Å². The molecule has 6 heteroatoms. The molecule has 0 rings (SSSR count). The van der Waals surface area contributed by atoms with Crippen molar-refractivity contribution >= 4 is 17.9 Å². The lowest BCUT2D eigenvalue weighted by Crippen LogP contribution is -2.30. The van der Waals surface area contributed by atoms with Gasteiger partial charge >= 0.3 is 17.9 Å². The van der Waals surface area contributed by atoms with E-state index in [1.54, 1.807) is 0 Å². The minimum Gasteiger partial charge on any atom is -0.462 e. The smallest absolute Gasteiger partial charge is 0.306 e. The Hall–Kier alpha value is -3.93. The monoisotopic (exact) mass is 845 g/mol. The van der Waals surface area contributed by atoms with Crippen molar-refractivity contribution in [3.05, 3.63) is 109 Å². The van der Waals surface area contributed by atoms with Gasteiger partial charge in [-0.05, 0) is 64.2 Å². The van der Waals surface area contributed by atoms with Crippen LogP contribution in [0.3, 0.4) is 0 Å². The molecule has 1 atom stereocenters. The van der Waals surface area contributed by atoms with E-state index in [2.05, 4.69) is 81.5 Å². The highest BCUT2D eigenvalue weighted by Gasteiger charge is 2.19. The van der Waals surface area contributed by atoms with E-state index in [-0.39, 0.29) is 37.5 Å².